The van der Waals surface area contributed by atoms with Crippen molar-refractivity contribution >= 4 is 0 Å². The molecule has 3 aliphatic carbocycles. The van der Waals surface area contributed by atoms with Crippen molar-refractivity contribution in [3.8, 4) is 0 Å². The summed E-state index contributed by atoms with van der Waals surface area (Å²) in [5.74, 6) is 0. The summed E-state index contributed by atoms with van der Waals surface area (Å²) in [6, 6.07) is 20.5. The number of hydrogen-bond acceptors (Lipinski definition) is 2. The first kappa shape index (κ1) is 16.5. The van der Waals surface area contributed by atoms with Gasteiger partial charge in [-0.1, -0.05) is 61.4 Å². The molecule has 1 saturated carbocycles. The van der Waals surface area contributed by atoms with Crippen molar-refractivity contribution in [2.24, 2.45) is 0 Å². The molecular weight excluding hydrogens is 316 g/mol. The summed E-state index contributed by atoms with van der Waals surface area (Å²) in [4.78, 5) is 0. The van der Waals surface area contributed by atoms with E-state index in [1.54, 1.807) is 22.3 Å². The molecule has 0 amide bonds. The second-order valence-electron chi connectivity index (χ2n) is 8.58. The number of fused-ring (bicyclic) bond motifs is 2. The average Bonchev–Trinajstić information content (AvgIpc) is 3.26. The lowest BCUT2D eigenvalue weighted by molar-refractivity contribution is 0.247. The zero-order chi connectivity index (χ0) is 17.3. The van der Waals surface area contributed by atoms with Gasteiger partial charge in [-0.25, -0.2) is 0 Å². The first-order valence-corrected chi connectivity index (χ1v) is 10.5. The molecule has 0 heterocycles. The van der Waals surface area contributed by atoms with Crippen LogP contribution in [-0.2, 0) is 25.7 Å². The number of rotatable bonds is 4. The molecule has 26 heavy (non-hydrogen) atoms. The second kappa shape index (κ2) is 7.17. The van der Waals surface area contributed by atoms with Gasteiger partial charge in [0, 0.05) is 24.2 Å². The summed E-state index contributed by atoms with van der Waals surface area (Å²) in [6.07, 6.45) is 10.2. The third-order valence-corrected chi connectivity index (χ3v) is 6.77. The van der Waals surface area contributed by atoms with Gasteiger partial charge < -0.3 is 10.6 Å². The van der Waals surface area contributed by atoms with Crippen LogP contribution in [0.3, 0.4) is 0 Å². The van der Waals surface area contributed by atoms with Crippen molar-refractivity contribution in [1.29, 1.82) is 0 Å². The molecule has 2 aromatic carbocycles. The van der Waals surface area contributed by atoms with Gasteiger partial charge in [0.2, 0.25) is 0 Å². The number of benzene rings is 2. The molecule has 0 spiro atoms. The van der Waals surface area contributed by atoms with Crippen LogP contribution in [0, 0.1) is 0 Å². The third kappa shape index (κ3) is 3.33. The van der Waals surface area contributed by atoms with Gasteiger partial charge in [0.25, 0.3) is 0 Å². The minimum Gasteiger partial charge on any atom is -0.309 e. The van der Waals surface area contributed by atoms with Crippen LogP contribution in [-0.4, -0.2) is 24.2 Å². The summed E-state index contributed by atoms with van der Waals surface area (Å²) < 4.78 is 0. The Morgan fingerprint density at radius 1 is 0.538 bits per heavy atom. The lowest BCUT2D eigenvalue weighted by Crippen LogP contribution is -2.55. The van der Waals surface area contributed by atoms with Crippen LogP contribution in [0.4, 0.5) is 0 Å². The first-order chi connectivity index (χ1) is 12.8. The Kier molecular flexibility index (Phi) is 4.56. The average molecular weight is 347 g/mol. The molecule has 2 N–H and O–H groups in total. The highest BCUT2D eigenvalue weighted by Gasteiger charge is 2.32. The minimum atomic E-state index is 0.626. The number of nitrogens with one attached hydrogen (secondary N) is 2. The second-order valence-corrected chi connectivity index (χ2v) is 8.58. The van der Waals surface area contributed by atoms with E-state index in [9.17, 15) is 0 Å². The lowest BCUT2D eigenvalue weighted by Gasteiger charge is -2.36. The Labute approximate surface area is 157 Å². The summed E-state index contributed by atoms with van der Waals surface area (Å²) in [7, 11) is 0. The molecule has 1 fully saturated rings. The van der Waals surface area contributed by atoms with E-state index in [2.05, 4.69) is 59.2 Å². The van der Waals surface area contributed by atoms with Gasteiger partial charge in [0.05, 0.1) is 0 Å². The lowest BCUT2D eigenvalue weighted by atomic mass is 9.88. The highest BCUT2D eigenvalue weighted by molar-refractivity contribution is 5.34. The van der Waals surface area contributed by atoms with Crippen LogP contribution in [0.2, 0.25) is 0 Å². The quantitative estimate of drug-likeness (QED) is 0.880. The predicted molar refractivity (Wildman–Crippen MR) is 108 cm³/mol. The summed E-state index contributed by atoms with van der Waals surface area (Å²) in [6.45, 7) is 0. The maximum Gasteiger partial charge on any atom is 0.0224 e. The van der Waals surface area contributed by atoms with Crippen molar-refractivity contribution in [1.82, 2.24) is 10.6 Å². The van der Waals surface area contributed by atoms with E-state index < -0.39 is 0 Å². The topological polar surface area (TPSA) is 24.1 Å². The third-order valence-electron chi connectivity index (χ3n) is 6.77. The van der Waals surface area contributed by atoms with Crippen LogP contribution >= 0.6 is 0 Å². The molecule has 0 aromatic heterocycles. The Morgan fingerprint density at radius 3 is 1.23 bits per heavy atom. The zero-order valence-electron chi connectivity index (χ0n) is 15.6. The maximum atomic E-state index is 4.05. The van der Waals surface area contributed by atoms with Crippen LogP contribution in [0.25, 0.3) is 0 Å². The fraction of sp³-hybridized carbons (Fsp3) is 0.500. The van der Waals surface area contributed by atoms with Gasteiger partial charge in [-0.3, -0.25) is 0 Å². The predicted octanol–water partition coefficient (Wildman–Crippen LogP) is 3.81. The van der Waals surface area contributed by atoms with Crippen LogP contribution < -0.4 is 10.6 Å². The molecule has 136 valence electrons. The molecule has 2 nitrogen and oxygen atoms in total. The molecule has 2 aromatic rings. The van der Waals surface area contributed by atoms with Gasteiger partial charge in [-0.05, 0) is 60.8 Å². The minimum absolute atomic E-state index is 0.626. The van der Waals surface area contributed by atoms with E-state index in [0.717, 1.165) is 0 Å². The van der Waals surface area contributed by atoms with Gasteiger partial charge in [-0.15, -0.1) is 0 Å². The maximum absolute atomic E-state index is 4.05. The molecule has 2 heteroatoms. The molecular formula is C24H30N2. The molecule has 0 bridgehead atoms. The standard InChI is InChI=1S/C24H30N2/c1-2-8-18-14-21(13-17(18)7-1)25-23-11-5-6-12-24(23)26-22-15-19-9-3-4-10-20(19)16-22/h1-4,7-10,21-26H,5-6,11-16H2/t23-,24-/m0/s1. The van der Waals surface area contributed by atoms with E-state index in [1.165, 1.54) is 51.4 Å². The summed E-state index contributed by atoms with van der Waals surface area (Å²) >= 11 is 0. The van der Waals surface area contributed by atoms with E-state index in [1.807, 2.05) is 0 Å². The van der Waals surface area contributed by atoms with Crippen molar-refractivity contribution in [3.63, 3.8) is 0 Å². The van der Waals surface area contributed by atoms with Crippen LogP contribution in [0.1, 0.15) is 47.9 Å². The highest BCUT2D eigenvalue weighted by Crippen LogP contribution is 2.27. The van der Waals surface area contributed by atoms with Gasteiger partial charge in [0.1, 0.15) is 0 Å². The van der Waals surface area contributed by atoms with E-state index in [4.69, 9.17) is 0 Å². The molecule has 0 saturated heterocycles. The Hall–Kier alpha value is -1.64. The largest absolute Gasteiger partial charge is 0.309 e. The molecule has 0 unspecified atom stereocenters. The highest BCUT2D eigenvalue weighted by atomic mass is 15.1. The number of hydrogen-bond donors (Lipinski definition) is 2. The van der Waals surface area contributed by atoms with Crippen molar-refractivity contribution in [2.75, 3.05) is 0 Å². The first-order valence-electron chi connectivity index (χ1n) is 10.5. The molecule has 0 radical (unpaired) electrons. The van der Waals surface area contributed by atoms with Crippen molar-refractivity contribution < 1.29 is 0 Å². The van der Waals surface area contributed by atoms with Crippen LogP contribution in [0.5, 0.6) is 0 Å². The molecule has 2 atom stereocenters. The Bertz CT molecular complexity index is 653. The zero-order valence-corrected chi connectivity index (χ0v) is 15.6. The van der Waals surface area contributed by atoms with E-state index in [0.29, 0.717) is 24.2 Å². The van der Waals surface area contributed by atoms with Crippen LogP contribution in [0.15, 0.2) is 48.5 Å². The summed E-state index contributed by atoms with van der Waals surface area (Å²) in [5.41, 5.74) is 6.21. The normalized spacial score (nSPS) is 26.0. The van der Waals surface area contributed by atoms with Crippen molar-refractivity contribution in [3.05, 3.63) is 70.8 Å². The fourth-order valence-electron chi connectivity index (χ4n) is 5.49. The monoisotopic (exact) mass is 346 g/mol. The van der Waals surface area contributed by atoms with Crippen molar-refractivity contribution in [2.45, 2.75) is 75.5 Å². The van der Waals surface area contributed by atoms with E-state index in [-0.39, 0.29) is 0 Å². The van der Waals surface area contributed by atoms with Gasteiger partial charge in [0.15, 0.2) is 0 Å². The molecule has 3 aliphatic rings. The Balaban J connectivity index is 1.22. The molecule has 0 aliphatic heterocycles. The van der Waals surface area contributed by atoms with E-state index >= 15 is 0 Å². The smallest absolute Gasteiger partial charge is 0.0224 e. The van der Waals surface area contributed by atoms with Gasteiger partial charge in [-0.2, -0.15) is 0 Å². The van der Waals surface area contributed by atoms with Gasteiger partial charge >= 0.3 is 0 Å². The fourth-order valence-corrected chi connectivity index (χ4v) is 5.49. The Morgan fingerprint density at radius 2 is 0.885 bits per heavy atom. The molecule has 5 rings (SSSR count). The summed E-state index contributed by atoms with van der Waals surface area (Å²) in [5, 5.41) is 8.09. The SMILES string of the molecule is c1ccc2c(c1)CC(N[C@H]1CCCC[C@@H]1NC1Cc3ccccc3C1)C2.